The summed E-state index contributed by atoms with van der Waals surface area (Å²) in [7, 11) is 0. The summed E-state index contributed by atoms with van der Waals surface area (Å²) in [5.41, 5.74) is 2.36. The van der Waals surface area contributed by atoms with Gasteiger partial charge in [-0.3, -0.25) is 10.7 Å². The number of aliphatic hydroxyl groups is 3. The predicted molar refractivity (Wildman–Crippen MR) is 73.6 cm³/mol. The van der Waals surface area contributed by atoms with Crippen LogP contribution in [0, 0.1) is 0 Å². The molecule has 1 aliphatic heterocycles. The van der Waals surface area contributed by atoms with Gasteiger partial charge in [0.05, 0.1) is 12.0 Å². The lowest BCUT2D eigenvalue weighted by Crippen LogP contribution is -2.33. The summed E-state index contributed by atoms with van der Waals surface area (Å²) in [5.74, 6) is 0.192. The number of aromatic nitrogens is 3. The molecule has 0 bridgehead atoms. The van der Waals surface area contributed by atoms with E-state index in [1.165, 1.54) is 10.9 Å². The standard InChI is InChI=1S/C11H13BrN4O5/c12-4-1-16(10-6(4)9(15-20)13-3-14-10)11-8(19)7(18)5(2-17)21-11/h1,3,5,7-8,11,17-20H,2H2,(H,13,14,15)/t5-,7+,8-,11-/m0/s1. The summed E-state index contributed by atoms with van der Waals surface area (Å²) < 4.78 is 7.55. The monoisotopic (exact) mass is 360 g/mol. The second-order valence-corrected chi connectivity index (χ2v) is 5.50. The van der Waals surface area contributed by atoms with Gasteiger partial charge in [-0.2, -0.15) is 0 Å². The van der Waals surface area contributed by atoms with Crippen molar-refractivity contribution in [1.29, 1.82) is 0 Å². The third-order valence-electron chi connectivity index (χ3n) is 3.46. The lowest BCUT2D eigenvalue weighted by molar-refractivity contribution is -0.0509. The van der Waals surface area contributed by atoms with E-state index in [0.29, 0.717) is 15.5 Å². The lowest BCUT2D eigenvalue weighted by atomic mass is 10.1. The van der Waals surface area contributed by atoms with Gasteiger partial charge in [-0.1, -0.05) is 0 Å². The molecule has 10 heteroatoms. The molecule has 0 unspecified atom stereocenters. The van der Waals surface area contributed by atoms with E-state index in [0.717, 1.165) is 0 Å². The van der Waals surface area contributed by atoms with E-state index in [4.69, 9.17) is 15.1 Å². The van der Waals surface area contributed by atoms with E-state index in [2.05, 4.69) is 25.9 Å². The Morgan fingerprint density at radius 1 is 1.33 bits per heavy atom. The van der Waals surface area contributed by atoms with Crippen LogP contribution in [-0.4, -0.2) is 60.0 Å². The Morgan fingerprint density at radius 2 is 2.10 bits per heavy atom. The highest BCUT2D eigenvalue weighted by molar-refractivity contribution is 9.10. The van der Waals surface area contributed by atoms with E-state index in [-0.39, 0.29) is 5.82 Å². The molecule has 0 amide bonds. The van der Waals surface area contributed by atoms with Crippen LogP contribution in [0.4, 0.5) is 5.82 Å². The Kier molecular flexibility index (Phi) is 3.82. The van der Waals surface area contributed by atoms with Gasteiger partial charge in [0.25, 0.3) is 0 Å². The van der Waals surface area contributed by atoms with E-state index in [1.54, 1.807) is 6.20 Å². The van der Waals surface area contributed by atoms with Gasteiger partial charge >= 0.3 is 0 Å². The minimum Gasteiger partial charge on any atom is -0.394 e. The first-order valence-electron chi connectivity index (χ1n) is 6.12. The molecule has 3 heterocycles. The number of anilines is 1. The van der Waals surface area contributed by atoms with Crippen molar-refractivity contribution in [3.05, 3.63) is 17.0 Å². The highest BCUT2D eigenvalue weighted by Crippen LogP contribution is 2.36. The maximum atomic E-state index is 10.1. The summed E-state index contributed by atoms with van der Waals surface area (Å²) in [6, 6.07) is 0. The van der Waals surface area contributed by atoms with Crippen molar-refractivity contribution >= 4 is 32.8 Å². The first-order chi connectivity index (χ1) is 10.1. The molecule has 5 N–H and O–H groups in total. The minimum atomic E-state index is -1.22. The van der Waals surface area contributed by atoms with Gasteiger partial charge in [-0.25, -0.2) is 9.97 Å². The molecule has 3 rings (SSSR count). The molecule has 1 saturated heterocycles. The molecule has 0 radical (unpaired) electrons. The molecule has 2 aromatic rings. The second-order valence-electron chi connectivity index (χ2n) is 4.65. The predicted octanol–water partition coefficient (Wildman–Crippen LogP) is -0.394. The van der Waals surface area contributed by atoms with Gasteiger partial charge in [-0.05, 0) is 15.9 Å². The van der Waals surface area contributed by atoms with Gasteiger partial charge in [-0.15, -0.1) is 0 Å². The van der Waals surface area contributed by atoms with Crippen LogP contribution < -0.4 is 5.48 Å². The summed E-state index contributed by atoms with van der Waals surface area (Å²) in [4.78, 5) is 7.98. The number of halogens is 1. The molecule has 2 aromatic heterocycles. The Labute approximate surface area is 126 Å². The van der Waals surface area contributed by atoms with Gasteiger partial charge in [0, 0.05) is 10.7 Å². The summed E-state index contributed by atoms with van der Waals surface area (Å²) in [6.45, 7) is -0.409. The Bertz CT molecular complexity index is 665. The fraction of sp³-hybridized carbons (Fsp3) is 0.455. The largest absolute Gasteiger partial charge is 0.394 e. The number of hydrogen-bond donors (Lipinski definition) is 5. The van der Waals surface area contributed by atoms with Crippen LogP contribution in [-0.2, 0) is 4.74 Å². The zero-order valence-corrected chi connectivity index (χ0v) is 12.2. The normalized spacial score (nSPS) is 29.2. The minimum absolute atomic E-state index is 0.192. The molecular weight excluding hydrogens is 348 g/mol. The summed E-state index contributed by atoms with van der Waals surface area (Å²) in [5, 5.41) is 38.6. The second kappa shape index (κ2) is 5.48. The molecule has 1 aliphatic rings. The fourth-order valence-corrected chi connectivity index (χ4v) is 3.01. The number of fused-ring (bicyclic) bond motifs is 1. The van der Waals surface area contributed by atoms with Crippen molar-refractivity contribution in [3.8, 4) is 0 Å². The number of ether oxygens (including phenoxy) is 1. The average molecular weight is 361 g/mol. The molecule has 4 atom stereocenters. The van der Waals surface area contributed by atoms with Gasteiger partial charge in [0.1, 0.15) is 30.3 Å². The molecular formula is C11H13BrN4O5. The topological polar surface area (TPSA) is 133 Å². The lowest BCUT2D eigenvalue weighted by Gasteiger charge is -2.17. The quantitative estimate of drug-likeness (QED) is 0.467. The molecule has 114 valence electrons. The fourth-order valence-electron chi connectivity index (χ4n) is 2.43. The van der Waals surface area contributed by atoms with Crippen LogP contribution in [0.25, 0.3) is 11.0 Å². The Hall–Kier alpha value is -1.30. The number of rotatable bonds is 3. The van der Waals surface area contributed by atoms with Crippen LogP contribution in [0.2, 0.25) is 0 Å². The molecule has 1 fully saturated rings. The maximum Gasteiger partial charge on any atom is 0.164 e. The molecule has 0 saturated carbocycles. The summed E-state index contributed by atoms with van der Waals surface area (Å²) >= 11 is 3.32. The Balaban J connectivity index is 2.10. The number of hydrogen-bond acceptors (Lipinski definition) is 8. The maximum absolute atomic E-state index is 10.1. The van der Waals surface area contributed by atoms with Crippen LogP contribution in [0.5, 0.6) is 0 Å². The van der Waals surface area contributed by atoms with Crippen molar-refractivity contribution in [2.45, 2.75) is 24.5 Å². The summed E-state index contributed by atoms with van der Waals surface area (Å²) in [6.07, 6.45) is -1.37. The molecule has 0 aliphatic carbocycles. The van der Waals surface area contributed by atoms with Crippen LogP contribution >= 0.6 is 15.9 Å². The van der Waals surface area contributed by atoms with Crippen molar-refractivity contribution in [3.63, 3.8) is 0 Å². The Morgan fingerprint density at radius 3 is 2.71 bits per heavy atom. The van der Waals surface area contributed by atoms with Gasteiger partial charge < -0.3 is 24.6 Å². The van der Waals surface area contributed by atoms with Crippen molar-refractivity contribution in [2.75, 3.05) is 12.1 Å². The van der Waals surface area contributed by atoms with E-state index in [1.807, 2.05) is 5.48 Å². The van der Waals surface area contributed by atoms with Crippen LogP contribution in [0.1, 0.15) is 6.23 Å². The van der Waals surface area contributed by atoms with Gasteiger partial charge in [0.15, 0.2) is 12.0 Å². The first-order valence-corrected chi connectivity index (χ1v) is 6.91. The highest BCUT2D eigenvalue weighted by Gasteiger charge is 2.44. The van der Waals surface area contributed by atoms with Gasteiger partial charge in [0.2, 0.25) is 0 Å². The van der Waals surface area contributed by atoms with Crippen LogP contribution in [0.15, 0.2) is 17.0 Å². The zero-order valence-electron chi connectivity index (χ0n) is 10.6. The average Bonchev–Trinajstić information content (AvgIpc) is 2.98. The van der Waals surface area contributed by atoms with E-state index < -0.39 is 31.1 Å². The molecule has 9 nitrogen and oxygen atoms in total. The molecule has 21 heavy (non-hydrogen) atoms. The number of nitrogens with one attached hydrogen (secondary N) is 1. The number of nitrogens with zero attached hydrogens (tertiary/aromatic N) is 3. The van der Waals surface area contributed by atoms with E-state index in [9.17, 15) is 10.2 Å². The highest BCUT2D eigenvalue weighted by atomic mass is 79.9. The number of aliphatic hydroxyl groups excluding tert-OH is 3. The SMILES string of the molecule is OC[C@@H]1O[C@H](n2cc(Br)c3c(NO)ncnc32)[C@@H](O)[C@@H]1O. The third kappa shape index (κ3) is 2.20. The van der Waals surface area contributed by atoms with Crippen LogP contribution in [0.3, 0.4) is 0 Å². The third-order valence-corrected chi connectivity index (χ3v) is 4.06. The first kappa shape index (κ1) is 14.6. The zero-order chi connectivity index (χ0) is 15.1. The van der Waals surface area contributed by atoms with Crippen molar-refractivity contribution < 1.29 is 25.3 Å². The molecule has 0 spiro atoms. The van der Waals surface area contributed by atoms with Crippen molar-refractivity contribution in [2.24, 2.45) is 0 Å². The van der Waals surface area contributed by atoms with E-state index >= 15 is 0 Å². The molecule has 0 aromatic carbocycles. The van der Waals surface area contributed by atoms with Crippen molar-refractivity contribution in [1.82, 2.24) is 14.5 Å². The smallest absolute Gasteiger partial charge is 0.164 e.